The van der Waals surface area contributed by atoms with Crippen molar-refractivity contribution >= 4 is 78.3 Å². The van der Waals surface area contributed by atoms with Gasteiger partial charge in [0.15, 0.2) is 5.54 Å². The predicted octanol–water partition coefficient (Wildman–Crippen LogP) is 13.8. The van der Waals surface area contributed by atoms with Gasteiger partial charge >= 0.3 is 12.2 Å². The number of ether oxygens (including phenoxy) is 4. The Hall–Kier alpha value is -5.30. The van der Waals surface area contributed by atoms with Crippen LogP contribution in [0.1, 0.15) is 87.5 Å². The van der Waals surface area contributed by atoms with E-state index in [4.69, 9.17) is 71.1 Å². The summed E-state index contributed by atoms with van der Waals surface area (Å²) in [5.74, 6) is -1.91. The fourth-order valence-corrected chi connectivity index (χ4v) is 10.6. The van der Waals surface area contributed by atoms with Gasteiger partial charge in [-0.3, -0.25) is 9.59 Å². The highest BCUT2D eigenvalue weighted by Gasteiger charge is 2.61. The van der Waals surface area contributed by atoms with Gasteiger partial charge in [0.1, 0.15) is 28.2 Å². The second-order valence-electron chi connectivity index (χ2n) is 21.0. The van der Waals surface area contributed by atoms with E-state index in [9.17, 15) is 24.7 Å². The van der Waals surface area contributed by atoms with Crippen LogP contribution in [0.15, 0.2) is 114 Å². The van der Waals surface area contributed by atoms with E-state index in [2.05, 4.69) is 30.0 Å². The molecule has 0 spiro atoms. The van der Waals surface area contributed by atoms with Gasteiger partial charge in [-0.15, -0.1) is 7.92 Å². The van der Waals surface area contributed by atoms with Crippen LogP contribution in [0.5, 0.6) is 11.5 Å². The van der Waals surface area contributed by atoms with Crippen molar-refractivity contribution in [2.75, 3.05) is 47.3 Å². The Morgan fingerprint density at radius 3 is 1.43 bits per heavy atom. The molecule has 0 unspecified atom stereocenters. The molecule has 0 bridgehead atoms. The number of methoxy groups -OCH3 is 2. The number of fused-ring (bicyclic) bond motifs is 2. The summed E-state index contributed by atoms with van der Waals surface area (Å²) in [4.78, 5) is 58.2. The van der Waals surface area contributed by atoms with Crippen molar-refractivity contribution in [2.45, 2.75) is 87.5 Å². The summed E-state index contributed by atoms with van der Waals surface area (Å²) in [6.45, 7) is 17.3. The smallest absolute Gasteiger partial charge is 0.417 e. The number of likely N-dealkylation sites (tertiary alicyclic amines) is 2. The van der Waals surface area contributed by atoms with Gasteiger partial charge in [0.05, 0.1) is 14.2 Å². The molecule has 0 saturated carbocycles. The van der Waals surface area contributed by atoms with Crippen LogP contribution in [0, 0.1) is 11.8 Å². The van der Waals surface area contributed by atoms with Crippen molar-refractivity contribution in [1.82, 2.24) is 9.80 Å². The van der Waals surface area contributed by atoms with Crippen LogP contribution in [0.2, 0.25) is 20.1 Å². The van der Waals surface area contributed by atoms with E-state index in [1.54, 1.807) is 98.2 Å². The number of nitrogens with zero attached hydrogens (tertiary/aromatic N) is 5. The Morgan fingerprint density at radius 1 is 0.649 bits per heavy atom. The zero-order chi connectivity index (χ0) is 54.7. The minimum atomic E-state index is -1.59. The summed E-state index contributed by atoms with van der Waals surface area (Å²) >= 11 is 24.7. The zero-order valence-corrected chi connectivity index (χ0v) is 47.2. The molecular weight excluding hydrogens is 1050 g/mol. The van der Waals surface area contributed by atoms with Gasteiger partial charge in [0.25, 0.3) is 5.91 Å². The molecule has 4 aliphatic rings. The molecule has 4 aromatic rings. The van der Waals surface area contributed by atoms with Crippen LogP contribution in [0.25, 0.3) is 10.4 Å². The van der Waals surface area contributed by atoms with Crippen molar-refractivity contribution in [3.8, 4) is 11.5 Å². The average Bonchev–Trinajstić information content (AvgIpc) is 3.77. The molecular formula is C55H63Cl4N6O8P. The summed E-state index contributed by atoms with van der Waals surface area (Å²) in [6, 6.07) is 25.7. The van der Waals surface area contributed by atoms with Crippen LogP contribution in [-0.2, 0) is 19.1 Å². The molecule has 2 aliphatic carbocycles. The normalized spacial score (nSPS) is 24.9. The SMILES string of the molecule is COc1cc(Cl)ccc1[C@@H]1C=C[C@@]2(N)C(=O)N(C(=O)OC(C)(C)C)C[C@H]2[C@H]1c1ccc(Cl)cc1.COc1cc(Cl)ccc1[C@@H]1C=C[C@@]2(N=[N+]=[N-])C(=O)N(C(=O)OC(C)(C)C)C[C@H]2[C@H]1c1ccc(Cl)cc1.CP(C)C. The Labute approximate surface area is 454 Å². The number of imide groups is 2. The van der Waals surface area contributed by atoms with E-state index in [0.717, 1.165) is 32.1 Å². The van der Waals surface area contributed by atoms with Crippen LogP contribution < -0.4 is 15.2 Å². The fraction of sp³-hybridized carbons (Fsp3) is 0.418. The predicted molar refractivity (Wildman–Crippen MR) is 295 cm³/mol. The van der Waals surface area contributed by atoms with Crippen molar-refractivity contribution in [2.24, 2.45) is 22.7 Å². The lowest BCUT2D eigenvalue weighted by Crippen LogP contribution is -2.54. The molecule has 19 heteroatoms. The molecule has 0 radical (unpaired) electrons. The number of allylic oxidation sites excluding steroid dienone is 2. The number of hydrogen-bond acceptors (Lipinski definition) is 10. The minimum Gasteiger partial charge on any atom is -0.496 e. The molecule has 2 N–H and O–H groups in total. The van der Waals surface area contributed by atoms with E-state index >= 15 is 0 Å². The lowest BCUT2D eigenvalue weighted by Gasteiger charge is -2.40. The first-order chi connectivity index (χ1) is 34.7. The Kier molecular flexibility index (Phi) is 18.3. The van der Waals surface area contributed by atoms with E-state index in [0.29, 0.717) is 39.5 Å². The van der Waals surface area contributed by atoms with Crippen LogP contribution in [0.4, 0.5) is 9.59 Å². The molecule has 8 rings (SSSR count). The van der Waals surface area contributed by atoms with Gasteiger partial charge in [-0.25, -0.2) is 19.4 Å². The Morgan fingerprint density at radius 2 is 1.03 bits per heavy atom. The molecule has 4 amide bonds. The first-order valence-electron chi connectivity index (χ1n) is 23.8. The molecule has 2 heterocycles. The third-order valence-electron chi connectivity index (χ3n) is 13.0. The van der Waals surface area contributed by atoms with E-state index in [1.165, 1.54) is 0 Å². The monoisotopic (exact) mass is 1110 g/mol. The number of nitrogens with two attached hydrogens (primary N) is 1. The Balaban J connectivity index is 0.000000225. The largest absolute Gasteiger partial charge is 0.496 e. The number of carbonyl (C=O) groups is 4. The fourth-order valence-electron chi connectivity index (χ4n) is 10.00. The second kappa shape index (κ2) is 23.3. The molecule has 2 aliphatic heterocycles. The van der Waals surface area contributed by atoms with Gasteiger partial charge in [-0.05, 0) is 127 Å². The van der Waals surface area contributed by atoms with Gasteiger partial charge in [0.2, 0.25) is 5.91 Å². The lowest BCUT2D eigenvalue weighted by atomic mass is 9.64. The number of hydrogen-bond donors (Lipinski definition) is 1. The summed E-state index contributed by atoms with van der Waals surface area (Å²) in [6.07, 6.45) is 5.62. The highest BCUT2D eigenvalue weighted by atomic mass is 35.5. The first kappa shape index (κ1) is 58.0. The second-order valence-corrected chi connectivity index (χ2v) is 25.4. The van der Waals surface area contributed by atoms with Gasteiger partial charge in [-0.2, -0.15) is 0 Å². The van der Waals surface area contributed by atoms with Gasteiger partial charge in [-0.1, -0.05) is 112 Å². The van der Waals surface area contributed by atoms with Crippen LogP contribution in [0.3, 0.4) is 0 Å². The Bertz CT molecular complexity index is 2850. The zero-order valence-electron chi connectivity index (χ0n) is 43.3. The topological polar surface area (TPSA) is 186 Å². The van der Waals surface area contributed by atoms with Crippen molar-refractivity contribution in [3.63, 3.8) is 0 Å². The first-order valence-corrected chi connectivity index (χ1v) is 28.0. The van der Waals surface area contributed by atoms with E-state index in [-0.39, 0.29) is 36.8 Å². The molecule has 8 atom stereocenters. The number of rotatable bonds is 7. The summed E-state index contributed by atoms with van der Waals surface area (Å²) in [7, 11) is 3.53. The van der Waals surface area contributed by atoms with E-state index in [1.807, 2.05) is 66.7 Å². The maximum Gasteiger partial charge on any atom is 0.417 e. The molecule has 0 aromatic heterocycles. The van der Waals surface area contributed by atoms with Gasteiger partial charge < -0.3 is 24.7 Å². The van der Waals surface area contributed by atoms with Crippen molar-refractivity contribution < 1.29 is 38.1 Å². The lowest BCUT2D eigenvalue weighted by molar-refractivity contribution is -0.131. The summed E-state index contributed by atoms with van der Waals surface area (Å²) in [5, 5.41) is 6.23. The molecule has 74 heavy (non-hydrogen) atoms. The van der Waals surface area contributed by atoms with Crippen LogP contribution >= 0.6 is 54.3 Å². The van der Waals surface area contributed by atoms with Crippen molar-refractivity contribution in [3.05, 3.63) is 162 Å². The van der Waals surface area contributed by atoms with Crippen LogP contribution in [-0.4, -0.2) is 103 Å². The number of carbonyl (C=O) groups excluding carboxylic acids is 4. The average molecular weight is 1110 g/mol. The third-order valence-corrected chi connectivity index (χ3v) is 13.9. The molecule has 4 aromatic carbocycles. The number of benzene rings is 4. The number of halogens is 4. The summed E-state index contributed by atoms with van der Waals surface area (Å²) in [5.41, 5.74) is 15.3. The number of amides is 4. The molecule has 14 nitrogen and oxygen atoms in total. The quantitative estimate of drug-likeness (QED) is 0.0618. The van der Waals surface area contributed by atoms with E-state index < -0.39 is 58.1 Å². The molecule has 2 fully saturated rings. The number of azide groups is 1. The maximum atomic E-state index is 13.7. The van der Waals surface area contributed by atoms with Gasteiger partial charge in [0, 0.05) is 84.7 Å². The highest BCUT2D eigenvalue weighted by Crippen LogP contribution is 2.55. The standard InChI is InChI=1S/C26H26Cl2N4O4.C26H28Cl2N2O4.C3H9P/c1-25(2,3)36-24(34)32-14-20-22(15-5-7-16(27)8-6-15)19(11-12-26(20,23(32)33)30-31-29)18-10-9-17(28)13-21(18)35-4;1-25(2,3)34-24(32)30-14-20-22(15-5-7-16(27)8-6-15)19(11-12-26(20,29)23(30)31)18-10-9-17(28)13-21(18)33-4;1-4(2)3/h5-13,19-20,22H,14H2,1-4H3;5-13,19-20,22H,14,29H2,1-4H3;1-3H3/t2*19-,20-,22-,26-;/m00./s1. The highest BCUT2D eigenvalue weighted by molar-refractivity contribution is 7.55. The minimum absolute atomic E-state index is 0.0107. The molecule has 394 valence electrons. The summed E-state index contributed by atoms with van der Waals surface area (Å²) < 4.78 is 22.3. The van der Waals surface area contributed by atoms with Crippen molar-refractivity contribution in [1.29, 1.82) is 0 Å². The third kappa shape index (κ3) is 12.7. The molecule has 2 saturated heterocycles. The maximum absolute atomic E-state index is 13.7.